The highest BCUT2D eigenvalue weighted by atomic mass is 19.1. The molecular weight excluding hydrogens is 266 g/mol. The Morgan fingerprint density at radius 2 is 1.90 bits per heavy atom. The molecule has 0 atom stereocenters. The number of ether oxygens (including phenoxy) is 2. The molecule has 0 spiro atoms. The maximum absolute atomic E-state index is 13.6. The predicted octanol–water partition coefficient (Wildman–Crippen LogP) is 3.31. The Labute approximate surface area is 115 Å². The first-order chi connectivity index (χ1) is 9.55. The van der Waals surface area contributed by atoms with Crippen LogP contribution < -0.4 is 15.2 Å². The normalized spacial score (nSPS) is 10.4. The van der Waals surface area contributed by atoms with E-state index in [-0.39, 0.29) is 5.75 Å². The van der Waals surface area contributed by atoms with Crippen molar-refractivity contribution in [3.63, 3.8) is 0 Å². The molecule has 0 amide bonds. The number of nitrogens with zero attached hydrogens (tertiary/aromatic N) is 1. The molecule has 1 heterocycles. The molecule has 106 valence electrons. The predicted molar refractivity (Wildman–Crippen MR) is 71.0 cm³/mol. The average molecular weight is 280 g/mol. The number of anilines is 1. The van der Waals surface area contributed by atoms with E-state index in [4.69, 9.17) is 15.2 Å². The van der Waals surface area contributed by atoms with Gasteiger partial charge in [0.1, 0.15) is 0 Å². The fourth-order valence-electron chi connectivity index (χ4n) is 1.66. The fourth-order valence-corrected chi connectivity index (χ4v) is 1.66. The topological polar surface area (TPSA) is 57.4 Å². The number of nitrogens with two attached hydrogens (primary N) is 1. The molecule has 0 radical (unpaired) electrons. The fraction of sp³-hybridized carbons (Fsp3) is 0.214. The van der Waals surface area contributed by atoms with Crippen molar-refractivity contribution >= 4 is 5.82 Å². The number of aryl methyl sites for hydroxylation is 1. The number of nitrogen functional groups attached to an aromatic ring is 1. The minimum absolute atomic E-state index is 0.280. The molecule has 6 heteroatoms. The van der Waals surface area contributed by atoms with Crippen molar-refractivity contribution in [1.29, 1.82) is 0 Å². The molecule has 0 saturated carbocycles. The van der Waals surface area contributed by atoms with Crippen LogP contribution in [-0.2, 0) is 6.42 Å². The van der Waals surface area contributed by atoms with Gasteiger partial charge in [-0.05, 0) is 24.1 Å². The summed E-state index contributed by atoms with van der Waals surface area (Å²) >= 11 is 0. The number of aromatic nitrogens is 1. The number of methoxy groups -OCH3 is 1. The van der Waals surface area contributed by atoms with E-state index in [1.807, 2.05) is 13.0 Å². The molecule has 0 aliphatic heterocycles. The lowest BCUT2D eigenvalue weighted by atomic mass is 10.1. The standard InChI is InChI=1S/C14H14F2N2O2/c1-3-8-4-5-11(12(6-8)19-2)20-14-10(16)7-9(15)13(17)18-14/h4-7H,3H2,1-2H3,(H2,17,18). The Kier molecular flexibility index (Phi) is 4.02. The summed E-state index contributed by atoms with van der Waals surface area (Å²) in [5, 5.41) is 0. The van der Waals surface area contributed by atoms with Gasteiger partial charge in [0.2, 0.25) is 0 Å². The molecular formula is C14H14F2N2O2. The van der Waals surface area contributed by atoms with Gasteiger partial charge in [0.05, 0.1) is 7.11 Å². The Morgan fingerprint density at radius 1 is 1.15 bits per heavy atom. The zero-order chi connectivity index (χ0) is 14.7. The molecule has 2 rings (SSSR count). The summed E-state index contributed by atoms with van der Waals surface area (Å²) in [7, 11) is 1.48. The van der Waals surface area contributed by atoms with Crippen LogP contribution in [0.4, 0.5) is 14.6 Å². The van der Waals surface area contributed by atoms with E-state index in [9.17, 15) is 8.78 Å². The number of halogens is 2. The third kappa shape index (κ3) is 2.79. The first-order valence-electron chi connectivity index (χ1n) is 6.01. The van der Waals surface area contributed by atoms with Crippen LogP contribution in [0.1, 0.15) is 12.5 Å². The van der Waals surface area contributed by atoms with E-state index in [1.54, 1.807) is 12.1 Å². The van der Waals surface area contributed by atoms with Gasteiger partial charge in [-0.25, -0.2) is 8.78 Å². The van der Waals surface area contributed by atoms with Crippen LogP contribution in [0, 0.1) is 11.6 Å². The maximum Gasteiger partial charge on any atom is 0.258 e. The Morgan fingerprint density at radius 3 is 2.55 bits per heavy atom. The minimum atomic E-state index is -0.932. The van der Waals surface area contributed by atoms with Gasteiger partial charge in [0.25, 0.3) is 5.88 Å². The van der Waals surface area contributed by atoms with Crippen molar-refractivity contribution in [3.05, 3.63) is 41.5 Å². The minimum Gasteiger partial charge on any atom is -0.493 e. The first kappa shape index (κ1) is 14.0. The third-order valence-corrected chi connectivity index (χ3v) is 2.77. The Hall–Kier alpha value is -2.37. The number of hydrogen-bond acceptors (Lipinski definition) is 4. The second kappa shape index (κ2) is 5.73. The maximum atomic E-state index is 13.6. The molecule has 4 nitrogen and oxygen atoms in total. The summed E-state index contributed by atoms with van der Waals surface area (Å²) in [6.45, 7) is 2.00. The summed E-state index contributed by atoms with van der Waals surface area (Å²) in [4.78, 5) is 3.54. The van der Waals surface area contributed by atoms with Gasteiger partial charge in [0.15, 0.2) is 29.0 Å². The molecule has 1 aromatic carbocycles. The molecule has 2 aromatic rings. The molecule has 0 aliphatic carbocycles. The van der Waals surface area contributed by atoms with E-state index in [0.717, 1.165) is 12.0 Å². The quantitative estimate of drug-likeness (QED) is 0.933. The van der Waals surface area contributed by atoms with E-state index in [1.165, 1.54) is 7.11 Å². The van der Waals surface area contributed by atoms with E-state index in [0.29, 0.717) is 11.8 Å². The monoisotopic (exact) mass is 280 g/mol. The lowest BCUT2D eigenvalue weighted by molar-refractivity contribution is 0.362. The van der Waals surface area contributed by atoms with E-state index in [2.05, 4.69) is 4.98 Å². The lowest BCUT2D eigenvalue weighted by Gasteiger charge is -2.11. The van der Waals surface area contributed by atoms with Gasteiger partial charge in [-0.2, -0.15) is 4.98 Å². The third-order valence-electron chi connectivity index (χ3n) is 2.77. The van der Waals surface area contributed by atoms with Gasteiger partial charge in [0, 0.05) is 6.07 Å². The summed E-state index contributed by atoms with van der Waals surface area (Å²) in [5.74, 6) is -1.96. The number of benzene rings is 1. The van der Waals surface area contributed by atoms with Crippen LogP contribution in [0.25, 0.3) is 0 Å². The highest BCUT2D eigenvalue weighted by Gasteiger charge is 2.14. The number of rotatable bonds is 4. The molecule has 20 heavy (non-hydrogen) atoms. The molecule has 0 bridgehead atoms. The van der Waals surface area contributed by atoms with Crippen LogP contribution in [0.2, 0.25) is 0 Å². The van der Waals surface area contributed by atoms with E-state index < -0.39 is 23.3 Å². The number of hydrogen-bond donors (Lipinski definition) is 1. The van der Waals surface area contributed by atoms with Crippen LogP contribution in [0.5, 0.6) is 17.4 Å². The summed E-state index contributed by atoms with van der Waals surface area (Å²) in [5.41, 5.74) is 6.34. The summed E-state index contributed by atoms with van der Waals surface area (Å²) in [6.07, 6.45) is 0.826. The zero-order valence-corrected chi connectivity index (χ0v) is 11.1. The van der Waals surface area contributed by atoms with Gasteiger partial charge in [-0.1, -0.05) is 13.0 Å². The molecule has 0 aliphatic rings. The highest BCUT2D eigenvalue weighted by molar-refractivity contribution is 5.45. The van der Waals surface area contributed by atoms with Crippen molar-refractivity contribution in [2.45, 2.75) is 13.3 Å². The Bertz CT molecular complexity index is 633. The van der Waals surface area contributed by atoms with E-state index >= 15 is 0 Å². The first-order valence-corrected chi connectivity index (χ1v) is 6.01. The van der Waals surface area contributed by atoms with Gasteiger partial charge in [-0.15, -0.1) is 0 Å². The second-order valence-corrected chi connectivity index (χ2v) is 4.08. The zero-order valence-electron chi connectivity index (χ0n) is 11.1. The van der Waals surface area contributed by atoms with Gasteiger partial charge < -0.3 is 15.2 Å². The second-order valence-electron chi connectivity index (χ2n) is 4.08. The van der Waals surface area contributed by atoms with Gasteiger partial charge >= 0.3 is 0 Å². The average Bonchev–Trinajstić information content (AvgIpc) is 2.45. The van der Waals surface area contributed by atoms with Crippen molar-refractivity contribution in [3.8, 4) is 17.4 Å². The van der Waals surface area contributed by atoms with Crippen molar-refractivity contribution in [1.82, 2.24) is 4.98 Å². The molecule has 0 unspecified atom stereocenters. The van der Waals surface area contributed by atoms with Crippen molar-refractivity contribution < 1.29 is 18.3 Å². The SMILES string of the molecule is CCc1ccc(Oc2nc(N)c(F)cc2F)c(OC)c1. The highest BCUT2D eigenvalue weighted by Crippen LogP contribution is 2.33. The van der Waals surface area contributed by atoms with Crippen LogP contribution >= 0.6 is 0 Å². The molecule has 1 aromatic heterocycles. The number of pyridine rings is 1. The molecule has 0 saturated heterocycles. The summed E-state index contributed by atoms with van der Waals surface area (Å²) in [6, 6.07) is 5.87. The van der Waals surface area contributed by atoms with Gasteiger partial charge in [-0.3, -0.25) is 0 Å². The molecule has 2 N–H and O–H groups in total. The molecule has 0 fully saturated rings. The Balaban J connectivity index is 2.37. The van der Waals surface area contributed by atoms with Crippen molar-refractivity contribution in [2.75, 3.05) is 12.8 Å². The van der Waals surface area contributed by atoms with Crippen LogP contribution in [0.3, 0.4) is 0 Å². The van der Waals surface area contributed by atoms with Crippen molar-refractivity contribution in [2.24, 2.45) is 0 Å². The van der Waals surface area contributed by atoms with Crippen LogP contribution in [0.15, 0.2) is 24.3 Å². The lowest BCUT2D eigenvalue weighted by Crippen LogP contribution is -2.01. The largest absolute Gasteiger partial charge is 0.493 e. The van der Waals surface area contributed by atoms with Crippen LogP contribution in [-0.4, -0.2) is 12.1 Å². The summed E-state index contributed by atoms with van der Waals surface area (Å²) < 4.78 is 37.1. The smallest absolute Gasteiger partial charge is 0.258 e.